The summed E-state index contributed by atoms with van der Waals surface area (Å²) in [6.07, 6.45) is 11.7. The first kappa shape index (κ1) is 21.4. The molecule has 1 atom stereocenters. The number of ether oxygens (including phenoxy) is 1. The summed E-state index contributed by atoms with van der Waals surface area (Å²) in [4.78, 5) is 19.7. The average Bonchev–Trinajstić information content (AvgIpc) is 2.99. The number of rotatable bonds is 3. The van der Waals surface area contributed by atoms with E-state index >= 15 is 0 Å². The van der Waals surface area contributed by atoms with Crippen LogP contribution in [0.1, 0.15) is 25.3 Å². The lowest BCUT2D eigenvalue weighted by molar-refractivity contribution is -0.122. The van der Waals surface area contributed by atoms with Gasteiger partial charge in [-0.1, -0.05) is 19.1 Å². The van der Waals surface area contributed by atoms with Crippen LogP contribution in [-0.2, 0) is 4.79 Å². The summed E-state index contributed by atoms with van der Waals surface area (Å²) in [5.74, 6) is -0.245. The number of nitrogens with zero attached hydrogens (tertiary/aromatic N) is 3. The Balaban J connectivity index is 1.63. The maximum Gasteiger partial charge on any atom is 0.255 e. The normalized spacial score (nSPS) is 22.6. The second-order valence-electron chi connectivity index (χ2n) is 8.45. The van der Waals surface area contributed by atoms with Crippen molar-refractivity contribution in [2.45, 2.75) is 19.8 Å². The fraction of sp³-hybridized carbons (Fsp3) is 0.400. The number of fused-ring (bicyclic) bond motifs is 1. The Bertz CT molecular complexity index is 979. The van der Waals surface area contributed by atoms with Gasteiger partial charge in [-0.25, -0.2) is 4.39 Å². The molecule has 0 radical (unpaired) electrons. The second kappa shape index (κ2) is 9.10. The van der Waals surface area contributed by atoms with Crippen LogP contribution in [0.15, 0.2) is 60.1 Å². The standard InChI is InChI=1S/C25H30FN3O2/c1-18-5-7-20-8-9-21(28-12-4-11-27(2)13-14-28)17-29(20)25(30)16-22(18)19-6-10-24(31-3)23(26)15-19/h6-10,15-18H,4-5,11-14H2,1-3H3. The van der Waals surface area contributed by atoms with Gasteiger partial charge in [0.25, 0.3) is 5.91 Å². The van der Waals surface area contributed by atoms with Gasteiger partial charge in [-0.15, -0.1) is 0 Å². The zero-order valence-corrected chi connectivity index (χ0v) is 18.5. The van der Waals surface area contributed by atoms with E-state index < -0.39 is 5.82 Å². The highest BCUT2D eigenvalue weighted by molar-refractivity contribution is 5.98. The third-order valence-electron chi connectivity index (χ3n) is 6.26. The Hall–Kier alpha value is -2.86. The maximum absolute atomic E-state index is 14.3. The molecule has 1 fully saturated rings. The van der Waals surface area contributed by atoms with Crippen molar-refractivity contribution in [2.24, 2.45) is 5.92 Å². The van der Waals surface area contributed by atoms with Crippen LogP contribution < -0.4 is 4.74 Å². The van der Waals surface area contributed by atoms with Crippen molar-refractivity contribution < 1.29 is 13.9 Å². The number of allylic oxidation sites excluding steroid dienone is 4. The molecule has 6 heteroatoms. The van der Waals surface area contributed by atoms with Gasteiger partial charge in [0, 0.05) is 37.6 Å². The van der Waals surface area contributed by atoms with Gasteiger partial charge >= 0.3 is 0 Å². The molecule has 3 aliphatic rings. The molecule has 0 bridgehead atoms. The number of likely N-dealkylation sites (N-methyl/N-ethyl adjacent to an activating group) is 1. The van der Waals surface area contributed by atoms with Crippen molar-refractivity contribution in [1.82, 2.24) is 14.7 Å². The maximum atomic E-state index is 14.3. The first-order valence-electron chi connectivity index (χ1n) is 10.9. The van der Waals surface area contributed by atoms with E-state index in [1.54, 1.807) is 17.0 Å². The van der Waals surface area contributed by atoms with E-state index in [9.17, 15) is 9.18 Å². The molecule has 1 unspecified atom stereocenters. The Morgan fingerprint density at radius 2 is 1.90 bits per heavy atom. The lowest BCUT2D eigenvalue weighted by Gasteiger charge is -2.31. The zero-order valence-electron chi connectivity index (χ0n) is 18.5. The van der Waals surface area contributed by atoms with E-state index in [-0.39, 0.29) is 17.6 Å². The van der Waals surface area contributed by atoms with Crippen LogP contribution in [-0.4, -0.2) is 60.9 Å². The van der Waals surface area contributed by atoms with E-state index in [1.165, 1.54) is 13.2 Å². The molecular weight excluding hydrogens is 393 g/mol. The molecule has 1 saturated heterocycles. The molecule has 0 N–H and O–H groups in total. The van der Waals surface area contributed by atoms with Crippen LogP contribution in [0, 0.1) is 11.7 Å². The monoisotopic (exact) mass is 423 g/mol. The van der Waals surface area contributed by atoms with Crippen LogP contribution in [0.3, 0.4) is 0 Å². The van der Waals surface area contributed by atoms with Crippen LogP contribution in [0.25, 0.3) is 5.57 Å². The van der Waals surface area contributed by atoms with Gasteiger partial charge in [0.15, 0.2) is 11.6 Å². The van der Waals surface area contributed by atoms with Crippen molar-refractivity contribution in [1.29, 1.82) is 0 Å². The van der Waals surface area contributed by atoms with E-state index in [0.29, 0.717) is 5.56 Å². The first-order valence-corrected chi connectivity index (χ1v) is 10.9. The highest BCUT2D eigenvalue weighted by atomic mass is 19.1. The predicted molar refractivity (Wildman–Crippen MR) is 121 cm³/mol. The fourth-order valence-electron chi connectivity index (χ4n) is 4.33. The van der Waals surface area contributed by atoms with Crippen molar-refractivity contribution in [3.05, 3.63) is 71.5 Å². The second-order valence-corrected chi connectivity index (χ2v) is 8.45. The zero-order chi connectivity index (χ0) is 22.0. The van der Waals surface area contributed by atoms with E-state index in [4.69, 9.17) is 4.74 Å². The van der Waals surface area contributed by atoms with Gasteiger partial charge in [0.05, 0.1) is 12.8 Å². The van der Waals surface area contributed by atoms with Gasteiger partial charge in [0.1, 0.15) is 0 Å². The lowest BCUT2D eigenvalue weighted by atomic mass is 9.89. The molecule has 0 aliphatic carbocycles. The van der Waals surface area contributed by atoms with E-state index in [1.807, 2.05) is 18.3 Å². The fourth-order valence-corrected chi connectivity index (χ4v) is 4.33. The molecule has 31 heavy (non-hydrogen) atoms. The molecule has 164 valence electrons. The quantitative estimate of drug-likeness (QED) is 0.736. The third kappa shape index (κ3) is 4.59. The van der Waals surface area contributed by atoms with Crippen molar-refractivity contribution in [2.75, 3.05) is 40.3 Å². The number of methoxy groups -OCH3 is 1. The number of carbonyl (C=O) groups is 1. The molecule has 3 heterocycles. The van der Waals surface area contributed by atoms with Crippen molar-refractivity contribution in [3.63, 3.8) is 0 Å². The highest BCUT2D eigenvalue weighted by Crippen LogP contribution is 2.33. The minimum Gasteiger partial charge on any atom is -0.494 e. The summed E-state index contributed by atoms with van der Waals surface area (Å²) in [7, 11) is 3.59. The van der Waals surface area contributed by atoms with Gasteiger partial charge in [0.2, 0.25) is 0 Å². The SMILES string of the molecule is COc1ccc(C2=CC(=O)N3C=C(N4CCCN(C)CC4)C=CC3=CCC2C)cc1F. The Kier molecular flexibility index (Phi) is 6.28. The summed E-state index contributed by atoms with van der Waals surface area (Å²) < 4.78 is 19.3. The number of halogens is 1. The van der Waals surface area contributed by atoms with Gasteiger partial charge < -0.3 is 14.5 Å². The Morgan fingerprint density at radius 1 is 1.10 bits per heavy atom. The summed E-state index contributed by atoms with van der Waals surface area (Å²) in [6.45, 7) is 6.08. The minimum atomic E-state index is -0.423. The predicted octanol–water partition coefficient (Wildman–Crippen LogP) is 4.02. The smallest absolute Gasteiger partial charge is 0.255 e. The van der Waals surface area contributed by atoms with Crippen LogP contribution in [0.4, 0.5) is 4.39 Å². The lowest BCUT2D eigenvalue weighted by Crippen LogP contribution is -2.33. The van der Waals surface area contributed by atoms with Crippen LogP contribution in [0.2, 0.25) is 0 Å². The largest absolute Gasteiger partial charge is 0.494 e. The summed E-state index contributed by atoms with van der Waals surface area (Å²) in [5.41, 5.74) is 3.50. The Labute approximate surface area is 183 Å². The molecule has 4 rings (SSSR count). The van der Waals surface area contributed by atoms with Crippen molar-refractivity contribution >= 4 is 11.5 Å². The number of benzene rings is 1. The number of carbonyl (C=O) groups excluding carboxylic acids is 1. The molecule has 1 aromatic carbocycles. The first-order chi connectivity index (χ1) is 15.0. The molecule has 0 saturated carbocycles. The minimum absolute atomic E-state index is 0.0892. The summed E-state index contributed by atoms with van der Waals surface area (Å²) >= 11 is 0. The topological polar surface area (TPSA) is 36.0 Å². The van der Waals surface area contributed by atoms with Crippen LogP contribution in [0.5, 0.6) is 5.75 Å². The number of amides is 1. The van der Waals surface area contributed by atoms with Gasteiger partial charge in [-0.2, -0.15) is 0 Å². The highest BCUT2D eigenvalue weighted by Gasteiger charge is 2.25. The molecular formula is C25H30FN3O2. The van der Waals surface area contributed by atoms with E-state index in [2.05, 4.69) is 35.9 Å². The number of hydrogen-bond acceptors (Lipinski definition) is 4. The van der Waals surface area contributed by atoms with Gasteiger partial charge in [-0.3, -0.25) is 9.69 Å². The molecule has 3 aliphatic heterocycles. The average molecular weight is 424 g/mol. The van der Waals surface area contributed by atoms with Gasteiger partial charge in [-0.05, 0) is 67.8 Å². The van der Waals surface area contributed by atoms with E-state index in [0.717, 1.165) is 56.0 Å². The molecule has 5 nitrogen and oxygen atoms in total. The molecule has 0 aromatic heterocycles. The summed E-state index contributed by atoms with van der Waals surface area (Å²) in [5, 5.41) is 0. The third-order valence-corrected chi connectivity index (χ3v) is 6.26. The Morgan fingerprint density at radius 3 is 2.68 bits per heavy atom. The molecule has 1 aromatic rings. The summed E-state index contributed by atoms with van der Waals surface area (Å²) in [6, 6.07) is 4.88. The van der Waals surface area contributed by atoms with Crippen molar-refractivity contribution in [3.8, 4) is 5.75 Å². The number of hydrogen-bond donors (Lipinski definition) is 0. The molecule has 1 amide bonds. The molecule has 0 spiro atoms. The van der Waals surface area contributed by atoms with Crippen LogP contribution >= 0.6 is 0 Å².